The summed E-state index contributed by atoms with van der Waals surface area (Å²) in [5.74, 6) is -0.0627. The maximum Gasteiger partial charge on any atom is 0.246 e. The first-order chi connectivity index (χ1) is 9.97. The van der Waals surface area contributed by atoms with Gasteiger partial charge in [-0.25, -0.2) is 0 Å². The van der Waals surface area contributed by atoms with E-state index >= 15 is 0 Å². The summed E-state index contributed by atoms with van der Waals surface area (Å²) in [6, 6.07) is 13.4. The molecule has 0 fully saturated rings. The van der Waals surface area contributed by atoms with Crippen molar-refractivity contribution in [2.75, 3.05) is 10.6 Å². The van der Waals surface area contributed by atoms with E-state index in [9.17, 15) is 4.79 Å². The van der Waals surface area contributed by atoms with Gasteiger partial charge in [0.15, 0.2) is 0 Å². The molecule has 21 heavy (non-hydrogen) atoms. The molecule has 0 aromatic heterocycles. The van der Waals surface area contributed by atoms with Gasteiger partial charge in [0, 0.05) is 15.8 Å². The van der Waals surface area contributed by atoms with Gasteiger partial charge in [-0.3, -0.25) is 4.79 Å². The Morgan fingerprint density at radius 2 is 1.76 bits per heavy atom. The molecule has 110 valence electrons. The zero-order chi connectivity index (χ0) is 15.4. The van der Waals surface area contributed by atoms with Crippen molar-refractivity contribution in [1.29, 1.82) is 0 Å². The van der Waals surface area contributed by atoms with Crippen LogP contribution in [0.25, 0.3) is 0 Å². The minimum absolute atomic E-state index is 0.0627. The molecule has 0 bridgehead atoms. The maximum absolute atomic E-state index is 12.2. The van der Waals surface area contributed by atoms with Gasteiger partial charge in [0.2, 0.25) is 5.91 Å². The highest BCUT2D eigenvalue weighted by Crippen LogP contribution is 2.26. The molecule has 2 N–H and O–H groups in total. The number of hydrogen-bond donors (Lipinski definition) is 2. The zero-order valence-electron chi connectivity index (χ0n) is 12.4. The Balaban J connectivity index is 2.02. The second-order valence-corrected chi connectivity index (χ2v) is 5.95. The Morgan fingerprint density at radius 3 is 2.43 bits per heavy atom. The summed E-state index contributed by atoms with van der Waals surface area (Å²) >= 11 is 3.54. The first kappa shape index (κ1) is 15.6. The first-order valence-corrected chi connectivity index (χ1v) is 7.66. The lowest BCUT2D eigenvalue weighted by Gasteiger charge is -2.17. The van der Waals surface area contributed by atoms with Gasteiger partial charge in [-0.2, -0.15) is 0 Å². The second-order valence-electron chi connectivity index (χ2n) is 5.16. The predicted molar refractivity (Wildman–Crippen MR) is 91.8 cm³/mol. The van der Waals surface area contributed by atoms with Gasteiger partial charge < -0.3 is 10.6 Å². The Kier molecular flexibility index (Phi) is 5.02. The van der Waals surface area contributed by atoms with Crippen LogP contribution in [0.5, 0.6) is 0 Å². The lowest BCUT2D eigenvalue weighted by atomic mass is 10.2. The van der Waals surface area contributed by atoms with E-state index in [4.69, 9.17) is 0 Å². The summed E-state index contributed by atoms with van der Waals surface area (Å²) in [7, 11) is 0. The molecule has 0 aliphatic heterocycles. The molecule has 2 rings (SSSR count). The van der Waals surface area contributed by atoms with E-state index in [-0.39, 0.29) is 11.9 Å². The molecule has 2 aromatic carbocycles. The van der Waals surface area contributed by atoms with Crippen molar-refractivity contribution < 1.29 is 4.79 Å². The van der Waals surface area contributed by atoms with E-state index in [2.05, 4.69) is 26.6 Å². The van der Waals surface area contributed by atoms with Gasteiger partial charge in [0.25, 0.3) is 0 Å². The minimum atomic E-state index is -0.329. The van der Waals surface area contributed by atoms with Crippen LogP contribution < -0.4 is 10.6 Å². The van der Waals surface area contributed by atoms with E-state index in [0.29, 0.717) is 0 Å². The molecule has 1 atom stereocenters. The van der Waals surface area contributed by atoms with E-state index in [1.807, 2.05) is 63.2 Å². The van der Waals surface area contributed by atoms with Crippen LogP contribution in [-0.4, -0.2) is 11.9 Å². The lowest BCUT2D eigenvalue weighted by Crippen LogP contribution is -2.32. The molecule has 1 amide bonds. The summed E-state index contributed by atoms with van der Waals surface area (Å²) in [5, 5.41) is 6.13. The Bertz CT molecular complexity index is 638. The summed E-state index contributed by atoms with van der Waals surface area (Å²) in [4.78, 5) is 12.2. The van der Waals surface area contributed by atoms with Crippen LogP contribution in [0.15, 0.2) is 46.9 Å². The van der Waals surface area contributed by atoms with Crippen LogP contribution in [0.2, 0.25) is 0 Å². The van der Waals surface area contributed by atoms with Crippen LogP contribution in [-0.2, 0) is 4.79 Å². The normalized spacial score (nSPS) is 11.8. The number of nitrogens with one attached hydrogen (secondary N) is 2. The van der Waals surface area contributed by atoms with Crippen LogP contribution >= 0.6 is 15.9 Å². The van der Waals surface area contributed by atoms with Gasteiger partial charge in [-0.1, -0.05) is 29.8 Å². The third-order valence-electron chi connectivity index (χ3n) is 3.28. The molecule has 0 radical (unpaired) electrons. The van der Waals surface area contributed by atoms with Gasteiger partial charge in [0.05, 0.1) is 0 Å². The monoisotopic (exact) mass is 346 g/mol. The van der Waals surface area contributed by atoms with Gasteiger partial charge in [0.1, 0.15) is 6.04 Å². The molecule has 0 heterocycles. The van der Waals surface area contributed by atoms with Crippen molar-refractivity contribution in [3.63, 3.8) is 0 Å². The van der Waals surface area contributed by atoms with Crippen LogP contribution in [0.4, 0.5) is 11.4 Å². The SMILES string of the molecule is Cc1ccc(NC(=O)C(C)Nc2cccc(C)c2Br)cc1. The number of benzene rings is 2. The third-order valence-corrected chi connectivity index (χ3v) is 4.33. The highest BCUT2D eigenvalue weighted by molar-refractivity contribution is 9.10. The highest BCUT2D eigenvalue weighted by atomic mass is 79.9. The minimum Gasteiger partial charge on any atom is -0.373 e. The maximum atomic E-state index is 12.2. The van der Waals surface area contributed by atoms with Crippen LogP contribution in [0.1, 0.15) is 18.1 Å². The van der Waals surface area contributed by atoms with Crippen molar-refractivity contribution in [1.82, 2.24) is 0 Å². The number of halogens is 1. The van der Waals surface area contributed by atoms with Crippen molar-refractivity contribution in [3.05, 3.63) is 58.1 Å². The average Bonchev–Trinajstić information content (AvgIpc) is 2.46. The van der Waals surface area contributed by atoms with Crippen LogP contribution in [0, 0.1) is 13.8 Å². The number of rotatable bonds is 4. The number of aryl methyl sites for hydroxylation is 2. The van der Waals surface area contributed by atoms with E-state index < -0.39 is 0 Å². The molecule has 4 heteroatoms. The molecule has 0 aliphatic carbocycles. The van der Waals surface area contributed by atoms with Gasteiger partial charge in [-0.05, 0) is 60.5 Å². The Hall–Kier alpha value is -1.81. The van der Waals surface area contributed by atoms with Gasteiger partial charge >= 0.3 is 0 Å². The first-order valence-electron chi connectivity index (χ1n) is 6.86. The fourth-order valence-electron chi connectivity index (χ4n) is 1.95. The fraction of sp³-hybridized carbons (Fsp3) is 0.235. The van der Waals surface area contributed by atoms with Crippen molar-refractivity contribution in [2.45, 2.75) is 26.8 Å². The van der Waals surface area contributed by atoms with Crippen molar-refractivity contribution in [2.24, 2.45) is 0 Å². The topological polar surface area (TPSA) is 41.1 Å². The predicted octanol–water partition coefficient (Wildman–Crippen LogP) is 4.51. The molecule has 0 spiro atoms. The van der Waals surface area contributed by atoms with E-state index in [1.165, 1.54) is 5.56 Å². The number of anilines is 2. The lowest BCUT2D eigenvalue weighted by molar-refractivity contribution is -0.116. The van der Waals surface area contributed by atoms with Crippen molar-refractivity contribution >= 4 is 33.2 Å². The van der Waals surface area contributed by atoms with E-state index in [1.54, 1.807) is 0 Å². The zero-order valence-corrected chi connectivity index (χ0v) is 14.0. The number of carbonyl (C=O) groups is 1. The summed E-state index contributed by atoms with van der Waals surface area (Å²) in [6.07, 6.45) is 0. The number of amides is 1. The van der Waals surface area contributed by atoms with E-state index in [0.717, 1.165) is 21.4 Å². The Morgan fingerprint density at radius 1 is 1.10 bits per heavy atom. The fourth-order valence-corrected chi connectivity index (χ4v) is 2.32. The molecular formula is C17H19BrN2O. The number of carbonyl (C=O) groups excluding carboxylic acids is 1. The standard InChI is InChI=1S/C17H19BrN2O/c1-11-7-9-14(10-8-11)20-17(21)13(3)19-15-6-4-5-12(2)16(15)18/h4-10,13,19H,1-3H3,(H,20,21). The van der Waals surface area contributed by atoms with Gasteiger partial charge in [-0.15, -0.1) is 0 Å². The highest BCUT2D eigenvalue weighted by Gasteiger charge is 2.14. The molecule has 0 saturated heterocycles. The summed E-state index contributed by atoms with van der Waals surface area (Å²) in [5.41, 5.74) is 4.03. The molecule has 0 saturated carbocycles. The van der Waals surface area contributed by atoms with Crippen LogP contribution in [0.3, 0.4) is 0 Å². The smallest absolute Gasteiger partial charge is 0.246 e. The third kappa shape index (κ3) is 4.08. The molecule has 0 aliphatic rings. The second kappa shape index (κ2) is 6.76. The average molecular weight is 347 g/mol. The summed E-state index contributed by atoms with van der Waals surface area (Å²) < 4.78 is 0.986. The molecular weight excluding hydrogens is 328 g/mol. The Labute approximate surface area is 133 Å². The molecule has 2 aromatic rings. The number of hydrogen-bond acceptors (Lipinski definition) is 2. The molecule has 1 unspecified atom stereocenters. The largest absolute Gasteiger partial charge is 0.373 e. The van der Waals surface area contributed by atoms with Crippen molar-refractivity contribution in [3.8, 4) is 0 Å². The molecule has 3 nitrogen and oxygen atoms in total. The summed E-state index contributed by atoms with van der Waals surface area (Å²) in [6.45, 7) is 5.88. The quantitative estimate of drug-likeness (QED) is 0.855.